The molecule has 38 heavy (non-hydrogen) atoms. The van der Waals surface area contributed by atoms with E-state index in [9.17, 15) is 14.4 Å². The van der Waals surface area contributed by atoms with Crippen LogP contribution >= 0.6 is 11.3 Å². The third kappa shape index (κ3) is 9.42. The zero-order chi connectivity index (χ0) is 27.7. The number of hydrogen-bond acceptors (Lipinski definition) is 6. The lowest BCUT2D eigenvalue weighted by molar-refractivity contribution is -0.129. The van der Waals surface area contributed by atoms with Crippen LogP contribution in [0.5, 0.6) is 0 Å². The molecule has 1 amide bonds. The highest BCUT2D eigenvalue weighted by atomic mass is 32.1. The highest BCUT2D eigenvalue weighted by Gasteiger charge is 2.27. The van der Waals surface area contributed by atoms with Gasteiger partial charge in [-0.3, -0.25) is 9.59 Å². The van der Waals surface area contributed by atoms with Gasteiger partial charge >= 0.3 is 0 Å². The second-order valence-corrected chi connectivity index (χ2v) is 12.4. The van der Waals surface area contributed by atoms with Gasteiger partial charge in [-0.2, -0.15) is 0 Å². The van der Waals surface area contributed by atoms with Crippen molar-refractivity contribution in [3.63, 3.8) is 0 Å². The van der Waals surface area contributed by atoms with E-state index >= 15 is 0 Å². The molecule has 0 bridgehead atoms. The van der Waals surface area contributed by atoms with E-state index in [1.165, 1.54) is 37.7 Å². The molecule has 2 aromatic rings. The fraction of sp³-hybridized carbons (Fsp3) is 0.613. The highest BCUT2D eigenvalue weighted by Crippen LogP contribution is 2.29. The molecule has 1 aliphatic rings. The molecule has 1 heterocycles. The summed E-state index contributed by atoms with van der Waals surface area (Å²) in [5, 5.41) is 4.15. The molecule has 1 saturated carbocycles. The number of carbonyl (C=O) groups is 3. The number of Topliss-reactive ketones (excluding diaryl/α,β-unsaturated/α-hetero) is 2. The first-order chi connectivity index (χ1) is 18.1. The highest BCUT2D eigenvalue weighted by molar-refractivity contribution is 7.18. The monoisotopic (exact) mass is 539 g/mol. The summed E-state index contributed by atoms with van der Waals surface area (Å²) in [7, 11) is 3.85. The minimum absolute atomic E-state index is 0.00137. The molecule has 1 aromatic heterocycles. The van der Waals surface area contributed by atoms with Crippen LogP contribution in [0.25, 0.3) is 10.2 Å². The zero-order valence-corrected chi connectivity index (χ0v) is 24.5. The van der Waals surface area contributed by atoms with Crippen molar-refractivity contribution in [2.24, 2.45) is 11.8 Å². The molecule has 208 valence electrons. The number of aryl methyl sites for hydroxylation is 1. The third-order valence-electron chi connectivity index (χ3n) is 7.54. The largest absolute Gasteiger partial charge is 0.353 e. The lowest BCUT2D eigenvalue weighted by Crippen LogP contribution is -2.41. The van der Waals surface area contributed by atoms with Crippen molar-refractivity contribution in [3.05, 3.63) is 40.9 Å². The quantitative estimate of drug-likeness (QED) is 0.284. The Bertz CT molecular complexity index is 1120. The number of ketones is 2. The molecule has 2 atom stereocenters. The molecule has 1 N–H and O–H groups in total. The SMILES string of the molecule is C=C(CN(C)C)C(=O)CC[C@H](CC1CCCCC1)NC(=O)[C@@H](CC(C)=O)Cc1nc2ccc(CC)cc2s1. The van der Waals surface area contributed by atoms with E-state index in [2.05, 4.69) is 31.0 Å². The van der Waals surface area contributed by atoms with Crippen LogP contribution in [0.1, 0.15) is 82.2 Å². The van der Waals surface area contributed by atoms with E-state index in [0.29, 0.717) is 37.3 Å². The number of thiazole rings is 1. The summed E-state index contributed by atoms with van der Waals surface area (Å²) in [6, 6.07) is 6.21. The van der Waals surface area contributed by atoms with Gasteiger partial charge in [0.05, 0.1) is 21.1 Å². The van der Waals surface area contributed by atoms with Gasteiger partial charge in [0.25, 0.3) is 0 Å². The summed E-state index contributed by atoms with van der Waals surface area (Å²) in [6.07, 6.45) is 9.55. The van der Waals surface area contributed by atoms with Gasteiger partial charge in [0.1, 0.15) is 5.78 Å². The number of aromatic nitrogens is 1. The fourth-order valence-electron chi connectivity index (χ4n) is 5.48. The van der Waals surface area contributed by atoms with Gasteiger partial charge < -0.3 is 15.0 Å². The predicted octanol–water partition coefficient (Wildman–Crippen LogP) is 5.92. The Morgan fingerprint density at radius 1 is 1.18 bits per heavy atom. The molecule has 1 aliphatic carbocycles. The number of nitrogens with one attached hydrogen (secondary N) is 1. The van der Waals surface area contributed by atoms with Crippen molar-refractivity contribution >= 4 is 39.0 Å². The number of rotatable bonds is 15. The van der Waals surface area contributed by atoms with Crippen molar-refractivity contribution in [1.82, 2.24) is 15.2 Å². The topological polar surface area (TPSA) is 79.4 Å². The average Bonchev–Trinajstić information content (AvgIpc) is 3.28. The average molecular weight is 540 g/mol. The third-order valence-corrected chi connectivity index (χ3v) is 8.58. The molecule has 1 fully saturated rings. The molecular formula is C31H45N3O3S. The first kappa shape index (κ1) is 30.2. The second kappa shape index (κ2) is 14.7. The van der Waals surface area contributed by atoms with E-state index in [4.69, 9.17) is 4.98 Å². The predicted molar refractivity (Wildman–Crippen MR) is 157 cm³/mol. The van der Waals surface area contributed by atoms with Crippen molar-refractivity contribution in [3.8, 4) is 0 Å². The molecule has 3 rings (SSSR count). The summed E-state index contributed by atoms with van der Waals surface area (Å²) in [5.74, 6) is 0.0554. The molecule has 0 saturated heterocycles. The van der Waals surface area contributed by atoms with Crippen molar-refractivity contribution < 1.29 is 14.4 Å². The van der Waals surface area contributed by atoms with Crippen LogP contribution in [0.3, 0.4) is 0 Å². The summed E-state index contributed by atoms with van der Waals surface area (Å²) in [6.45, 7) is 8.18. The van der Waals surface area contributed by atoms with E-state index in [-0.39, 0.29) is 29.9 Å². The number of amides is 1. The zero-order valence-electron chi connectivity index (χ0n) is 23.7. The first-order valence-electron chi connectivity index (χ1n) is 14.2. The summed E-state index contributed by atoms with van der Waals surface area (Å²) >= 11 is 1.61. The summed E-state index contributed by atoms with van der Waals surface area (Å²) in [4.78, 5) is 45.1. The van der Waals surface area contributed by atoms with E-state index < -0.39 is 5.92 Å². The minimum Gasteiger partial charge on any atom is -0.353 e. The Kier molecular flexibility index (Phi) is 11.7. The summed E-state index contributed by atoms with van der Waals surface area (Å²) in [5.41, 5.74) is 2.81. The molecule has 1 aromatic carbocycles. The van der Waals surface area contributed by atoms with Crippen LogP contribution in [-0.2, 0) is 27.2 Å². The molecule has 0 radical (unpaired) electrons. The number of carbonyl (C=O) groups excluding carboxylic acids is 3. The van der Waals surface area contributed by atoms with Gasteiger partial charge in [-0.05, 0) is 63.9 Å². The van der Waals surface area contributed by atoms with Gasteiger partial charge in [-0.1, -0.05) is 51.7 Å². The van der Waals surface area contributed by atoms with Gasteiger partial charge in [-0.25, -0.2) is 4.98 Å². The number of benzene rings is 1. The normalized spacial score (nSPS) is 15.9. The van der Waals surface area contributed by atoms with Crippen LogP contribution in [0.4, 0.5) is 0 Å². The number of likely N-dealkylation sites (N-methyl/N-ethyl adjacent to an activating group) is 1. The Morgan fingerprint density at radius 2 is 1.92 bits per heavy atom. The number of hydrogen-bond donors (Lipinski definition) is 1. The fourth-order valence-corrected chi connectivity index (χ4v) is 6.60. The molecule has 6 nitrogen and oxygen atoms in total. The smallest absolute Gasteiger partial charge is 0.224 e. The molecule has 0 aliphatic heterocycles. The van der Waals surface area contributed by atoms with Crippen LogP contribution in [0.15, 0.2) is 30.4 Å². The van der Waals surface area contributed by atoms with Crippen molar-refractivity contribution in [1.29, 1.82) is 0 Å². The van der Waals surface area contributed by atoms with E-state index in [0.717, 1.165) is 28.1 Å². The number of fused-ring (bicyclic) bond motifs is 1. The van der Waals surface area contributed by atoms with Crippen LogP contribution < -0.4 is 5.32 Å². The number of nitrogens with zero attached hydrogens (tertiary/aromatic N) is 2. The summed E-state index contributed by atoms with van der Waals surface area (Å²) < 4.78 is 1.12. The molecule has 0 unspecified atom stereocenters. The van der Waals surface area contributed by atoms with Crippen LogP contribution in [0, 0.1) is 11.8 Å². The van der Waals surface area contributed by atoms with Crippen molar-refractivity contribution in [2.75, 3.05) is 20.6 Å². The van der Waals surface area contributed by atoms with Gasteiger partial charge in [0.15, 0.2) is 5.78 Å². The lowest BCUT2D eigenvalue weighted by atomic mass is 9.83. The van der Waals surface area contributed by atoms with Crippen molar-refractivity contribution in [2.45, 2.75) is 90.5 Å². The Hall–Kier alpha value is -2.38. The maximum absolute atomic E-state index is 13.6. The molecule has 7 heteroatoms. The lowest BCUT2D eigenvalue weighted by Gasteiger charge is -2.28. The minimum atomic E-state index is -0.466. The maximum Gasteiger partial charge on any atom is 0.224 e. The second-order valence-electron chi connectivity index (χ2n) is 11.3. The molecular weight excluding hydrogens is 494 g/mol. The van der Waals surface area contributed by atoms with Gasteiger partial charge in [0.2, 0.25) is 5.91 Å². The Balaban J connectivity index is 1.71. The van der Waals surface area contributed by atoms with E-state index in [1.807, 2.05) is 25.1 Å². The Morgan fingerprint density at radius 3 is 2.58 bits per heavy atom. The molecule has 0 spiro atoms. The Labute approximate surface area is 232 Å². The maximum atomic E-state index is 13.6. The van der Waals surface area contributed by atoms with E-state index in [1.54, 1.807) is 18.3 Å². The standard InChI is InChI=1S/C31H45N3O3S/c1-6-23-12-14-27-29(18-23)38-30(33-27)19-25(16-22(3)35)31(37)32-26(17-24-10-8-7-9-11-24)13-15-28(36)21(2)20-34(4)5/h12,14,18,24-26H,2,6-11,13,15-17,19-20H2,1,3-5H3,(H,32,37)/t25-,26+/m0/s1. The van der Waals surface area contributed by atoms with Gasteiger partial charge in [-0.15, -0.1) is 11.3 Å². The first-order valence-corrected chi connectivity index (χ1v) is 15.0. The van der Waals surface area contributed by atoms with Crippen LogP contribution in [0.2, 0.25) is 0 Å². The van der Waals surface area contributed by atoms with Crippen LogP contribution in [-0.4, -0.2) is 54.0 Å². The van der Waals surface area contributed by atoms with Gasteiger partial charge in [0, 0.05) is 37.4 Å².